The van der Waals surface area contributed by atoms with Crippen LogP contribution in [0.1, 0.15) is 67.6 Å². The molecule has 0 atom stereocenters. The molecule has 47 heavy (non-hydrogen) atoms. The van der Waals surface area contributed by atoms with Crippen LogP contribution in [-0.2, 0) is 19.0 Å². The number of hydrogen-bond donors (Lipinski definition) is 0. The Kier molecular flexibility index (Phi) is 11.0. The van der Waals surface area contributed by atoms with Gasteiger partial charge < -0.3 is 4.57 Å². The molecule has 0 N–H and O–H groups in total. The van der Waals surface area contributed by atoms with Crippen molar-refractivity contribution in [2.75, 3.05) is 0 Å². The van der Waals surface area contributed by atoms with Crippen LogP contribution in [0.25, 0.3) is 0 Å². The topological polar surface area (TPSA) is 17.8 Å². The van der Waals surface area contributed by atoms with Crippen molar-refractivity contribution in [1.82, 2.24) is 9.55 Å². The Morgan fingerprint density at radius 2 is 1.02 bits per heavy atom. The molecule has 0 aliphatic heterocycles. The molecule has 236 valence electrons. The van der Waals surface area contributed by atoms with Gasteiger partial charge in [0, 0.05) is 18.6 Å². The van der Waals surface area contributed by atoms with Crippen molar-refractivity contribution in [2.45, 2.75) is 64.4 Å². The van der Waals surface area contributed by atoms with Crippen LogP contribution in [0, 0.1) is 0 Å². The number of rotatable bonds is 15. The third-order valence-electron chi connectivity index (χ3n) is 9.80. The van der Waals surface area contributed by atoms with E-state index in [1.165, 1.54) is 63.5 Å². The molecule has 6 rings (SSSR count). The molecule has 0 aliphatic rings. The summed E-state index contributed by atoms with van der Waals surface area (Å²) in [5, 5.41) is 4.34. The van der Waals surface area contributed by atoms with E-state index in [9.17, 15) is 0 Å². The first-order chi connectivity index (χ1) is 23.2. The van der Waals surface area contributed by atoms with Crippen molar-refractivity contribution < 1.29 is 0 Å². The smallest absolute Gasteiger partial charge is 0.217 e. The van der Waals surface area contributed by atoms with Crippen molar-refractivity contribution >= 4 is 36.6 Å². The highest BCUT2D eigenvalue weighted by Crippen LogP contribution is 2.23. The van der Waals surface area contributed by atoms with Crippen molar-refractivity contribution in [3.05, 3.63) is 174 Å². The quantitative estimate of drug-likeness (QED) is 0.0873. The second kappa shape index (κ2) is 15.9. The van der Waals surface area contributed by atoms with Gasteiger partial charge in [-0.3, -0.25) is 4.98 Å². The van der Waals surface area contributed by atoms with Gasteiger partial charge >= 0.3 is 0 Å². The molecule has 4 heteroatoms. The van der Waals surface area contributed by atoms with Gasteiger partial charge in [-0.2, -0.15) is 0 Å². The Morgan fingerprint density at radius 3 is 1.49 bits per heavy atom. The van der Waals surface area contributed by atoms with E-state index in [1.807, 2.05) is 6.20 Å². The lowest BCUT2D eigenvalue weighted by Gasteiger charge is -2.35. The van der Waals surface area contributed by atoms with Gasteiger partial charge in [-0.05, 0) is 69.3 Å². The van der Waals surface area contributed by atoms with Crippen LogP contribution >= 0.6 is 0 Å². The molecule has 0 radical (unpaired) electrons. The molecule has 1 aromatic heterocycles. The highest BCUT2D eigenvalue weighted by Gasteiger charge is 2.40. The molecule has 0 bridgehead atoms. The second-order valence-corrected chi connectivity index (χ2v) is 16.8. The number of benzene rings is 5. The van der Waals surface area contributed by atoms with Gasteiger partial charge in [0.2, 0.25) is 7.28 Å². The minimum atomic E-state index is -2.55. The summed E-state index contributed by atoms with van der Waals surface area (Å²) in [6.45, 7) is 4.55. The second-order valence-electron chi connectivity index (χ2n) is 12.9. The number of imidazole rings is 1. The molecule has 0 spiro atoms. The minimum absolute atomic E-state index is 0.224. The zero-order chi connectivity index (χ0) is 32.3. The fourth-order valence-electron chi connectivity index (χ4n) is 7.08. The lowest BCUT2D eigenvalue weighted by Crippen LogP contribution is -2.70. The molecular weight excluding hydrogens is 583 g/mol. The molecule has 0 unspecified atom stereocenters. The monoisotopic (exact) mass is 630 g/mol. The predicted molar refractivity (Wildman–Crippen MR) is 205 cm³/mol. The molecule has 0 saturated heterocycles. The third kappa shape index (κ3) is 7.60. The number of hydrogen-bond acceptors (Lipinski definition) is 1. The minimum Gasteiger partial charge on any atom is -0.345 e. The highest BCUT2D eigenvalue weighted by molar-refractivity contribution is 7.10. The summed E-state index contributed by atoms with van der Waals surface area (Å²) in [5.41, 5.74) is 6.64. The Morgan fingerprint density at radius 1 is 0.574 bits per heavy atom. The van der Waals surface area contributed by atoms with E-state index in [4.69, 9.17) is 4.98 Å². The number of unbranched alkanes of at least 4 members (excludes halogenated alkanes) is 2. The van der Waals surface area contributed by atoms with E-state index < -0.39 is 8.07 Å². The first-order valence-corrected chi connectivity index (χ1v) is 19.8. The molecule has 0 aliphatic carbocycles. The van der Waals surface area contributed by atoms with Gasteiger partial charge in [0.15, 0.2) is 8.07 Å². The maximum Gasteiger partial charge on any atom is 0.217 e. The van der Waals surface area contributed by atoms with Crippen LogP contribution in [0.2, 0.25) is 0 Å². The molecule has 0 fully saturated rings. The maximum absolute atomic E-state index is 5.05. The lowest BCUT2D eigenvalue weighted by atomic mass is 9.58. The van der Waals surface area contributed by atoms with Gasteiger partial charge in [0.1, 0.15) is 0 Å². The summed E-state index contributed by atoms with van der Waals surface area (Å²) in [5.74, 6) is 0.224. The van der Waals surface area contributed by atoms with E-state index in [1.54, 1.807) is 0 Å². The summed E-state index contributed by atoms with van der Waals surface area (Å²) in [7, 11) is -1.72. The largest absolute Gasteiger partial charge is 0.345 e. The standard InChI is InChI=1S/C43H47BN2Si/c1-3-5-16-35-24-28-40(29-25-35)47(39-22-14-9-15-23-39,41-30-26-36(27-31-41)17-6-4-2)34-46-33-32-45-43(46)44-42(37-18-10-7-11-19-37)38-20-12-8-13-21-38/h7-15,18-33,42,44H,3-6,16-17,34H2,1-2H3. The molecule has 5 aromatic carbocycles. The normalized spacial score (nSPS) is 11.6. The maximum atomic E-state index is 5.05. The van der Waals surface area contributed by atoms with E-state index in [0.717, 1.165) is 32.0 Å². The van der Waals surface area contributed by atoms with Crippen molar-refractivity contribution in [2.24, 2.45) is 0 Å². The van der Waals surface area contributed by atoms with Crippen LogP contribution in [-0.4, -0.2) is 24.9 Å². The highest BCUT2D eigenvalue weighted by atomic mass is 28.3. The van der Waals surface area contributed by atoms with Gasteiger partial charge in [0.25, 0.3) is 0 Å². The first kappa shape index (κ1) is 32.5. The van der Waals surface area contributed by atoms with E-state index in [-0.39, 0.29) is 5.82 Å². The number of nitrogens with zero attached hydrogens (tertiary/aromatic N) is 2. The zero-order valence-corrected chi connectivity index (χ0v) is 29.1. The summed E-state index contributed by atoms with van der Waals surface area (Å²) >= 11 is 0. The predicted octanol–water partition coefficient (Wildman–Crippen LogP) is 7.13. The summed E-state index contributed by atoms with van der Waals surface area (Å²) < 4.78 is 2.48. The Labute approximate surface area is 283 Å². The van der Waals surface area contributed by atoms with Gasteiger partial charge in [-0.25, -0.2) is 0 Å². The molecule has 1 heterocycles. The Hall–Kier alpha value is -4.41. The fourth-order valence-corrected chi connectivity index (χ4v) is 11.7. The van der Waals surface area contributed by atoms with E-state index >= 15 is 0 Å². The molecule has 6 aromatic rings. The third-order valence-corrected chi connectivity index (χ3v) is 14.6. The number of aryl methyl sites for hydroxylation is 2. The van der Waals surface area contributed by atoms with Gasteiger partial charge in [-0.15, -0.1) is 0 Å². The molecule has 2 nitrogen and oxygen atoms in total. The van der Waals surface area contributed by atoms with Crippen molar-refractivity contribution in [1.29, 1.82) is 0 Å². The average molecular weight is 631 g/mol. The van der Waals surface area contributed by atoms with Crippen LogP contribution in [0.5, 0.6) is 0 Å². The molecule has 0 amide bonds. The number of aromatic nitrogens is 2. The van der Waals surface area contributed by atoms with Crippen LogP contribution in [0.4, 0.5) is 0 Å². The van der Waals surface area contributed by atoms with Crippen LogP contribution in [0.3, 0.4) is 0 Å². The van der Waals surface area contributed by atoms with Crippen molar-refractivity contribution in [3.63, 3.8) is 0 Å². The van der Waals surface area contributed by atoms with E-state index in [2.05, 4.69) is 164 Å². The van der Waals surface area contributed by atoms with Crippen LogP contribution < -0.4 is 21.3 Å². The SMILES string of the molecule is CCCCc1ccc([Si](Cn2ccnc2BC(c2ccccc2)c2ccccc2)(c2ccccc2)c2ccc(CCCC)cc2)cc1. The fraction of sp³-hybridized carbons (Fsp3) is 0.233. The summed E-state index contributed by atoms with van der Waals surface area (Å²) in [4.78, 5) is 5.05. The lowest BCUT2D eigenvalue weighted by molar-refractivity contribution is 0.795. The first-order valence-electron chi connectivity index (χ1n) is 17.6. The van der Waals surface area contributed by atoms with E-state index in [0.29, 0.717) is 0 Å². The van der Waals surface area contributed by atoms with Crippen LogP contribution in [0.15, 0.2) is 152 Å². The van der Waals surface area contributed by atoms with Gasteiger partial charge in [0.05, 0.1) is 5.72 Å². The Bertz CT molecular complexity index is 1690. The Balaban J connectivity index is 1.47. The molecule has 0 saturated carbocycles. The average Bonchev–Trinajstić information content (AvgIpc) is 3.59. The van der Waals surface area contributed by atoms with Gasteiger partial charge in [-0.1, -0.05) is 166 Å². The van der Waals surface area contributed by atoms with Crippen molar-refractivity contribution in [3.8, 4) is 0 Å². The zero-order valence-electron chi connectivity index (χ0n) is 28.1. The summed E-state index contributed by atoms with van der Waals surface area (Å²) in [6, 6.07) is 52.5. The summed E-state index contributed by atoms with van der Waals surface area (Å²) in [6.07, 6.45) is 12.3. The molecular formula is C43H47BN2Si.